The van der Waals surface area contributed by atoms with E-state index in [1.54, 1.807) is 0 Å². The Morgan fingerprint density at radius 2 is 1.62 bits per heavy atom. The zero-order valence-electron chi connectivity index (χ0n) is 16.6. The summed E-state index contributed by atoms with van der Waals surface area (Å²) >= 11 is 0. The summed E-state index contributed by atoms with van der Waals surface area (Å²) in [5.74, 6) is 1.46. The van der Waals surface area contributed by atoms with E-state index >= 15 is 0 Å². The lowest BCUT2D eigenvalue weighted by Crippen LogP contribution is -2.51. The van der Waals surface area contributed by atoms with Gasteiger partial charge in [-0.2, -0.15) is 0 Å². The average molecular weight is 359 g/mol. The molecule has 4 nitrogen and oxygen atoms in total. The number of hydrogen-bond acceptors (Lipinski definition) is 2. The largest absolute Gasteiger partial charge is 0.350 e. The van der Waals surface area contributed by atoms with Crippen LogP contribution in [0.1, 0.15) is 58.9 Å². The van der Waals surface area contributed by atoms with Crippen LogP contribution in [0.25, 0.3) is 0 Å². The standard InChI is InChI=1S/C22H34N2O2/c1-15(2)18-10-12-19(13-11-18)21(25)24-20(16(3)4)22(26)23-14-17-8-6-5-7-9-17/h5-9,15-16,18-20H,10-14H2,1-4H3,(H,23,26)(H,24,25). The van der Waals surface area contributed by atoms with Gasteiger partial charge in [0.25, 0.3) is 0 Å². The van der Waals surface area contributed by atoms with E-state index in [2.05, 4.69) is 24.5 Å². The minimum absolute atomic E-state index is 0.0424. The third-order valence-electron chi connectivity index (χ3n) is 5.64. The Bertz CT molecular complexity index is 575. The summed E-state index contributed by atoms with van der Waals surface area (Å²) in [6.45, 7) is 8.96. The Morgan fingerprint density at radius 3 is 2.15 bits per heavy atom. The molecule has 4 heteroatoms. The molecule has 2 amide bonds. The fourth-order valence-electron chi connectivity index (χ4n) is 3.75. The molecule has 0 bridgehead atoms. The van der Waals surface area contributed by atoms with Gasteiger partial charge in [-0.15, -0.1) is 0 Å². The van der Waals surface area contributed by atoms with Crippen LogP contribution in [-0.4, -0.2) is 17.9 Å². The van der Waals surface area contributed by atoms with Crippen LogP contribution < -0.4 is 10.6 Å². The van der Waals surface area contributed by atoms with Gasteiger partial charge in [0.05, 0.1) is 0 Å². The molecule has 26 heavy (non-hydrogen) atoms. The van der Waals surface area contributed by atoms with Gasteiger partial charge in [-0.3, -0.25) is 9.59 Å². The number of benzene rings is 1. The van der Waals surface area contributed by atoms with Crippen molar-refractivity contribution in [2.24, 2.45) is 23.7 Å². The maximum Gasteiger partial charge on any atom is 0.243 e. The van der Waals surface area contributed by atoms with Gasteiger partial charge in [0.2, 0.25) is 11.8 Å². The predicted molar refractivity (Wildman–Crippen MR) is 105 cm³/mol. The second-order valence-electron chi connectivity index (χ2n) is 8.29. The number of nitrogens with one attached hydrogen (secondary N) is 2. The first kappa shape index (κ1) is 20.5. The highest BCUT2D eigenvalue weighted by Gasteiger charge is 2.31. The molecule has 2 rings (SSSR count). The van der Waals surface area contributed by atoms with E-state index in [0.717, 1.165) is 37.2 Å². The predicted octanol–water partition coefficient (Wildman–Crippen LogP) is 3.91. The lowest BCUT2D eigenvalue weighted by molar-refractivity contribution is -0.133. The van der Waals surface area contributed by atoms with Gasteiger partial charge < -0.3 is 10.6 Å². The van der Waals surface area contributed by atoms with Crippen LogP contribution in [0.5, 0.6) is 0 Å². The molecular weight excluding hydrogens is 324 g/mol. The van der Waals surface area contributed by atoms with E-state index in [1.807, 2.05) is 44.2 Å². The van der Waals surface area contributed by atoms with Gasteiger partial charge in [0.15, 0.2) is 0 Å². The summed E-state index contributed by atoms with van der Waals surface area (Å²) in [6, 6.07) is 9.35. The van der Waals surface area contributed by atoms with Crippen LogP contribution in [0.4, 0.5) is 0 Å². The molecule has 0 aliphatic heterocycles. The summed E-state index contributed by atoms with van der Waals surface area (Å²) in [5.41, 5.74) is 1.06. The maximum atomic E-state index is 12.7. The van der Waals surface area contributed by atoms with E-state index in [4.69, 9.17) is 0 Å². The fourth-order valence-corrected chi connectivity index (χ4v) is 3.75. The molecule has 1 unspecified atom stereocenters. The van der Waals surface area contributed by atoms with E-state index in [9.17, 15) is 9.59 Å². The Labute approximate surface area is 158 Å². The molecule has 1 aromatic carbocycles. The second kappa shape index (κ2) is 9.75. The average Bonchev–Trinajstić information content (AvgIpc) is 2.64. The number of carbonyl (C=O) groups is 2. The number of hydrogen-bond donors (Lipinski definition) is 2. The van der Waals surface area contributed by atoms with Gasteiger partial charge in [0.1, 0.15) is 6.04 Å². The molecule has 2 N–H and O–H groups in total. The first-order chi connectivity index (χ1) is 12.4. The van der Waals surface area contributed by atoms with Crippen LogP contribution in [0, 0.1) is 23.7 Å². The van der Waals surface area contributed by atoms with Crippen LogP contribution in [0.2, 0.25) is 0 Å². The van der Waals surface area contributed by atoms with Gasteiger partial charge in [-0.05, 0) is 49.0 Å². The lowest BCUT2D eigenvalue weighted by atomic mass is 9.76. The lowest BCUT2D eigenvalue weighted by Gasteiger charge is -2.31. The van der Waals surface area contributed by atoms with Crippen molar-refractivity contribution in [3.05, 3.63) is 35.9 Å². The molecule has 1 aliphatic rings. The molecule has 0 saturated heterocycles. The molecule has 0 heterocycles. The van der Waals surface area contributed by atoms with E-state index in [0.29, 0.717) is 12.5 Å². The topological polar surface area (TPSA) is 58.2 Å². The maximum absolute atomic E-state index is 12.7. The third-order valence-corrected chi connectivity index (χ3v) is 5.64. The number of rotatable bonds is 7. The number of carbonyl (C=O) groups excluding carboxylic acids is 2. The first-order valence-corrected chi connectivity index (χ1v) is 10.0. The Hall–Kier alpha value is -1.84. The minimum Gasteiger partial charge on any atom is -0.350 e. The molecule has 144 valence electrons. The van der Waals surface area contributed by atoms with E-state index in [-0.39, 0.29) is 23.7 Å². The quantitative estimate of drug-likeness (QED) is 0.776. The second-order valence-corrected chi connectivity index (χ2v) is 8.29. The SMILES string of the molecule is CC(C)C1CCC(C(=O)NC(C(=O)NCc2ccccc2)C(C)C)CC1. The first-order valence-electron chi connectivity index (χ1n) is 10.0. The number of amides is 2. The smallest absolute Gasteiger partial charge is 0.243 e. The van der Waals surface area contributed by atoms with Crippen LogP contribution in [0.3, 0.4) is 0 Å². The highest BCUT2D eigenvalue weighted by atomic mass is 16.2. The van der Waals surface area contributed by atoms with Gasteiger partial charge >= 0.3 is 0 Å². The minimum atomic E-state index is -0.478. The summed E-state index contributed by atoms with van der Waals surface area (Å²) in [5, 5.41) is 5.97. The van der Waals surface area contributed by atoms with Crippen LogP contribution >= 0.6 is 0 Å². The summed E-state index contributed by atoms with van der Waals surface area (Å²) in [7, 11) is 0. The third kappa shape index (κ3) is 5.86. The summed E-state index contributed by atoms with van der Waals surface area (Å²) in [4.78, 5) is 25.3. The molecule has 1 fully saturated rings. The van der Waals surface area contributed by atoms with Crippen molar-refractivity contribution in [1.82, 2.24) is 10.6 Å². The van der Waals surface area contributed by atoms with Crippen molar-refractivity contribution in [3.8, 4) is 0 Å². The molecule has 1 atom stereocenters. The summed E-state index contributed by atoms with van der Waals surface area (Å²) in [6.07, 6.45) is 4.10. The normalized spacial score (nSPS) is 21.5. The molecule has 0 radical (unpaired) electrons. The van der Waals surface area contributed by atoms with Crippen molar-refractivity contribution in [2.75, 3.05) is 0 Å². The van der Waals surface area contributed by atoms with Gasteiger partial charge in [-0.25, -0.2) is 0 Å². The molecule has 0 aromatic heterocycles. The van der Waals surface area contributed by atoms with Gasteiger partial charge in [0, 0.05) is 12.5 Å². The zero-order valence-corrected chi connectivity index (χ0v) is 16.6. The highest BCUT2D eigenvalue weighted by Crippen LogP contribution is 2.33. The van der Waals surface area contributed by atoms with E-state index < -0.39 is 6.04 Å². The molecule has 0 spiro atoms. The monoisotopic (exact) mass is 358 g/mol. The molecular formula is C22H34N2O2. The van der Waals surface area contributed by atoms with Crippen molar-refractivity contribution < 1.29 is 9.59 Å². The fraction of sp³-hybridized carbons (Fsp3) is 0.636. The Balaban J connectivity index is 1.86. The summed E-state index contributed by atoms with van der Waals surface area (Å²) < 4.78 is 0. The molecule has 1 aliphatic carbocycles. The van der Waals surface area contributed by atoms with Crippen molar-refractivity contribution in [3.63, 3.8) is 0 Å². The van der Waals surface area contributed by atoms with E-state index in [1.165, 1.54) is 0 Å². The van der Waals surface area contributed by atoms with Crippen LogP contribution in [0.15, 0.2) is 30.3 Å². The Kier molecular flexibility index (Phi) is 7.67. The Morgan fingerprint density at radius 1 is 1.00 bits per heavy atom. The van der Waals surface area contributed by atoms with Crippen LogP contribution in [-0.2, 0) is 16.1 Å². The van der Waals surface area contributed by atoms with Gasteiger partial charge in [-0.1, -0.05) is 58.0 Å². The molecule has 1 saturated carbocycles. The van der Waals surface area contributed by atoms with Crippen molar-refractivity contribution in [1.29, 1.82) is 0 Å². The molecule has 1 aromatic rings. The zero-order chi connectivity index (χ0) is 19.1. The van der Waals surface area contributed by atoms with Crippen molar-refractivity contribution in [2.45, 2.75) is 66.0 Å². The van der Waals surface area contributed by atoms with Crippen molar-refractivity contribution >= 4 is 11.8 Å². The highest BCUT2D eigenvalue weighted by molar-refractivity contribution is 5.88.